The number of halogens is 1. The molecule has 6 heteroatoms. The van der Waals surface area contributed by atoms with E-state index < -0.39 is 0 Å². The number of hydrogen-bond acceptors (Lipinski definition) is 4. The van der Waals surface area contributed by atoms with Gasteiger partial charge >= 0.3 is 0 Å². The molecule has 140 valence electrons. The van der Waals surface area contributed by atoms with Gasteiger partial charge in [0.15, 0.2) is 0 Å². The lowest BCUT2D eigenvalue weighted by Crippen LogP contribution is -2.29. The minimum Gasteiger partial charge on any atom is -0.467 e. The summed E-state index contributed by atoms with van der Waals surface area (Å²) in [6, 6.07) is 17.4. The number of carbonyl (C=O) groups is 1. The van der Waals surface area contributed by atoms with Gasteiger partial charge in [0.2, 0.25) is 0 Å². The van der Waals surface area contributed by atoms with E-state index in [1.165, 1.54) is 23.5 Å². The lowest BCUT2D eigenvalue weighted by molar-refractivity contribution is 0.0722. The van der Waals surface area contributed by atoms with Gasteiger partial charge in [0, 0.05) is 23.8 Å². The quantitative estimate of drug-likeness (QED) is 0.442. The molecule has 0 N–H and O–H groups in total. The van der Waals surface area contributed by atoms with Crippen molar-refractivity contribution >= 4 is 17.2 Å². The molecule has 28 heavy (non-hydrogen) atoms. The number of rotatable bonds is 6. The molecular formula is C22H17FN2O2S. The Hall–Kier alpha value is -3.25. The van der Waals surface area contributed by atoms with Crippen LogP contribution in [0.4, 0.5) is 4.39 Å². The van der Waals surface area contributed by atoms with Gasteiger partial charge in [-0.1, -0.05) is 18.2 Å². The Bertz CT molecular complexity index is 1040. The van der Waals surface area contributed by atoms with Crippen molar-refractivity contribution in [3.8, 4) is 10.4 Å². The minimum atomic E-state index is -0.280. The van der Waals surface area contributed by atoms with Crippen molar-refractivity contribution in [3.05, 3.63) is 101 Å². The Morgan fingerprint density at radius 1 is 1.04 bits per heavy atom. The van der Waals surface area contributed by atoms with Crippen LogP contribution in [-0.4, -0.2) is 15.8 Å². The summed E-state index contributed by atoms with van der Waals surface area (Å²) in [6.45, 7) is 0.793. The van der Waals surface area contributed by atoms with Crippen LogP contribution < -0.4 is 0 Å². The van der Waals surface area contributed by atoms with Crippen LogP contribution in [-0.2, 0) is 13.1 Å². The highest BCUT2D eigenvalue weighted by Gasteiger charge is 2.20. The molecule has 0 aliphatic carbocycles. The Labute approximate surface area is 165 Å². The molecule has 0 aliphatic rings. The number of pyridine rings is 1. The standard InChI is InChI=1S/C22H17FN2O2S/c23-18-7-5-17(6-8-18)20-9-10-21(28-20)22(26)25(15-19-4-2-12-27-19)14-16-3-1-11-24-13-16/h1-13H,14-15H2. The summed E-state index contributed by atoms with van der Waals surface area (Å²) in [6.07, 6.45) is 5.05. The summed E-state index contributed by atoms with van der Waals surface area (Å²) in [5.41, 5.74) is 1.83. The van der Waals surface area contributed by atoms with Gasteiger partial charge in [-0.15, -0.1) is 11.3 Å². The van der Waals surface area contributed by atoms with E-state index in [-0.39, 0.29) is 11.7 Å². The Morgan fingerprint density at radius 2 is 1.89 bits per heavy atom. The first-order chi connectivity index (χ1) is 13.7. The lowest BCUT2D eigenvalue weighted by Gasteiger charge is -2.21. The zero-order valence-corrected chi connectivity index (χ0v) is 15.7. The smallest absolute Gasteiger partial charge is 0.264 e. The van der Waals surface area contributed by atoms with E-state index in [1.54, 1.807) is 41.8 Å². The van der Waals surface area contributed by atoms with Gasteiger partial charge in [0.1, 0.15) is 11.6 Å². The number of aromatic nitrogens is 1. The first kappa shape index (κ1) is 18.1. The maximum Gasteiger partial charge on any atom is 0.264 e. The second kappa shape index (κ2) is 8.19. The SMILES string of the molecule is O=C(c1ccc(-c2ccc(F)cc2)s1)N(Cc1cccnc1)Cc1ccco1. The second-order valence-electron chi connectivity index (χ2n) is 6.27. The van der Waals surface area contributed by atoms with Crippen LogP contribution in [0.2, 0.25) is 0 Å². The fourth-order valence-corrected chi connectivity index (χ4v) is 3.86. The zero-order chi connectivity index (χ0) is 19.3. The Morgan fingerprint density at radius 3 is 2.61 bits per heavy atom. The predicted octanol–water partition coefficient (Wildman–Crippen LogP) is 5.38. The van der Waals surface area contributed by atoms with Crippen molar-refractivity contribution in [1.82, 2.24) is 9.88 Å². The number of benzene rings is 1. The monoisotopic (exact) mass is 392 g/mol. The molecule has 4 rings (SSSR count). The number of nitrogens with zero attached hydrogens (tertiary/aromatic N) is 2. The molecule has 0 radical (unpaired) electrons. The van der Waals surface area contributed by atoms with Gasteiger partial charge in [-0.2, -0.15) is 0 Å². The molecule has 0 unspecified atom stereocenters. The molecule has 4 aromatic rings. The number of thiophene rings is 1. The third kappa shape index (κ3) is 4.18. The summed E-state index contributed by atoms with van der Waals surface area (Å²) in [5, 5.41) is 0. The van der Waals surface area contributed by atoms with Crippen molar-refractivity contribution in [1.29, 1.82) is 0 Å². The molecule has 0 aliphatic heterocycles. The average Bonchev–Trinajstić information content (AvgIpc) is 3.40. The van der Waals surface area contributed by atoms with Crippen LogP contribution in [0.5, 0.6) is 0 Å². The molecule has 0 spiro atoms. The number of carbonyl (C=O) groups excluding carboxylic acids is 1. The molecule has 0 bridgehead atoms. The second-order valence-corrected chi connectivity index (χ2v) is 7.36. The lowest BCUT2D eigenvalue weighted by atomic mass is 10.2. The summed E-state index contributed by atoms with van der Waals surface area (Å²) >= 11 is 1.39. The van der Waals surface area contributed by atoms with E-state index in [1.807, 2.05) is 30.3 Å². The van der Waals surface area contributed by atoms with Crippen LogP contribution in [0.1, 0.15) is 21.0 Å². The van der Waals surface area contributed by atoms with Gasteiger partial charge in [-0.25, -0.2) is 4.39 Å². The Balaban J connectivity index is 1.58. The van der Waals surface area contributed by atoms with E-state index >= 15 is 0 Å². The molecule has 1 amide bonds. The molecule has 3 heterocycles. The van der Waals surface area contributed by atoms with Crippen LogP contribution >= 0.6 is 11.3 Å². The van der Waals surface area contributed by atoms with E-state index in [2.05, 4.69) is 4.98 Å². The van der Waals surface area contributed by atoms with Gasteiger partial charge in [-0.05, 0) is 53.6 Å². The van der Waals surface area contributed by atoms with E-state index in [0.29, 0.717) is 23.7 Å². The van der Waals surface area contributed by atoms with E-state index in [0.717, 1.165) is 16.0 Å². The normalized spacial score (nSPS) is 10.8. The summed E-state index contributed by atoms with van der Waals surface area (Å²) in [5.74, 6) is 0.351. The minimum absolute atomic E-state index is 0.0846. The molecule has 0 saturated carbocycles. The molecule has 1 aromatic carbocycles. The largest absolute Gasteiger partial charge is 0.467 e. The van der Waals surface area contributed by atoms with E-state index in [9.17, 15) is 9.18 Å². The molecule has 4 nitrogen and oxygen atoms in total. The first-order valence-corrected chi connectivity index (χ1v) is 9.57. The molecule has 0 saturated heterocycles. The highest BCUT2D eigenvalue weighted by Crippen LogP contribution is 2.29. The van der Waals surface area contributed by atoms with Gasteiger partial charge < -0.3 is 9.32 Å². The Kier molecular flexibility index (Phi) is 5.30. The van der Waals surface area contributed by atoms with Crippen LogP contribution in [0.3, 0.4) is 0 Å². The number of hydrogen-bond donors (Lipinski definition) is 0. The zero-order valence-electron chi connectivity index (χ0n) is 14.9. The maximum absolute atomic E-state index is 13.2. The molecule has 0 atom stereocenters. The third-order valence-electron chi connectivity index (χ3n) is 4.26. The highest BCUT2D eigenvalue weighted by atomic mass is 32.1. The maximum atomic E-state index is 13.2. The summed E-state index contributed by atoms with van der Waals surface area (Å²) in [4.78, 5) is 20.6. The van der Waals surface area contributed by atoms with Crippen molar-refractivity contribution < 1.29 is 13.6 Å². The van der Waals surface area contributed by atoms with Gasteiger partial charge in [-0.3, -0.25) is 9.78 Å². The van der Waals surface area contributed by atoms with Crippen molar-refractivity contribution in [2.24, 2.45) is 0 Å². The first-order valence-electron chi connectivity index (χ1n) is 8.75. The highest BCUT2D eigenvalue weighted by molar-refractivity contribution is 7.17. The van der Waals surface area contributed by atoms with E-state index in [4.69, 9.17) is 4.42 Å². The van der Waals surface area contributed by atoms with Gasteiger partial charge in [0.05, 0.1) is 17.7 Å². The van der Waals surface area contributed by atoms with Crippen LogP contribution in [0.25, 0.3) is 10.4 Å². The average molecular weight is 392 g/mol. The summed E-state index contributed by atoms with van der Waals surface area (Å²) in [7, 11) is 0. The number of furan rings is 1. The fourth-order valence-electron chi connectivity index (χ4n) is 2.88. The third-order valence-corrected chi connectivity index (χ3v) is 5.38. The summed E-state index contributed by atoms with van der Waals surface area (Å²) < 4.78 is 18.6. The number of amides is 1. The van der Waals surface area contributed by atoms with Crippen molar-refractivity contribution in [3.63, 3.8) is 0 Å². The fraction of sp³-hybridized carbons (Fsp3) is 0.0909. The van der Waals surface area contributed by atoms with Crippen LogP contribution in [0, 0.1) is 5.82 Å². The topological polar surface area (TPSA) is 46.3 Å². The van der Waals surface area contributed by atoms with Crippen molar-refractivity contribution in [2.75, 3.05) is 0 Å². The molecule has 0 fully saturated rings. The molecule has 3 aromatic heterocycles. The molecular weight excluding hydrogens is 375 g/mol. The predicted molar refractivity (Wildman–Crippen MR) is 106 cm³/mol. The van der Waals surface area contributed by atoms with Crippen LogP contribution in [0.15, 0.2) is 83.7 Å². The van der Waals surface area contributed by atoms with Gasteiger partial charge in [0.25, 0.3) is 5.91 Å². The van der Waals surface area contributed by atoms with Crippen molar-refractivity contribution in [2.45, 2.75) is 13.1 Å².